The molecule has 0 aliphatic heterocycles. The van der Waals surface area contributed by atoms with Crippen molar-refractivity contribution in [3.63, 3.8) is 0 Å². The Labute approximate surface area is 173 Å². The summed E-state index contributed by atoms with van der Waals surface area (Å²) < 4.78 is 15.4. The third-order valence-corrected chi connectivity index (χ3v) is 3.75. The maximum absolute atomic E-state index is 12.0. The molecule has 0 saturated carbocycles. The fourth-order valence-corrected chi connectivity index (χ4v) is 2.41. The number of hydrogen-bond acceptors (Lipinski definition) is 7. The lowest BCUT2D eigenvalue weighted by atomic mass is 10.1. The summed E-state index contributed by atoms with van der Waals surface area (Å²) in [5.41, 5.74) is 1.41. The zero-order valence-corrected chi connectivity index (χ0v) is 16.8. The summed E-state index contributed by atoms with van der Waals surface area (Å²) in [7, 11) is 1.41. The second kappa shape index (κ2) is 10.6. The van der Waals surface area contributed by atoms with Crippen molar-refractivity contribution in [1.82, 2.24) is 0 Å². The minimum atomic E-state index is -0.755. The van der Waals surface area contributed by atoms with E-state index in [0.29, 0.717) is 22.7 Å². The summed E-state index contributed by atoms with van der Waals surface area (Å²) in [5.74, 6) is -1.11. The molecular weight excluding hydrogens is 392 g/mol. The van der Waals surface area contributed by atoms with Gasteiger partial charge in [-0.25, -0.2) is 4.79 Å². The van der Waals surface area contributed by atoms with Gasteiger partial charge in [0.2, 0.25) is 5.91 Å². The maximum atomic E-state index is 12.0. The average Bonchev–Trinajstić information content (AvgIpc) is 2.70. The van der Waals surface area contributed by atoms with Crippen LogP contribution in [0.5, 0.6) is 11.5 Å². The lowest BCUT2D eigenvalue weighted by Crippen LogP contribution is -2.23. The lowest BCUT2D eigenvalue weighted by molar-refractivity contribution is -0.149. The number of Topliss-reactive ketones (excluding diaryl/α,β-unsaturated/α-hetero) is 1. The Hall–Kier alpha value is -3.88. The first-order valence-corrected chi connectivity index (χ1v) is 8.93. The van der Waals surface area contributed by atoms with Crippen molar-refractivity contribution in [3.8, 4) is 11.5 Å². The number of rotatable bonds is 9. The molecule has 30 heavy (non-hydrogen) atoms. The van der Waals surface area contributed by atoms with Gasteiger partial charge in [-0.1, -0.05) is 6.07 Å². The number of esters is 1. The Bertz CT molecular complexity index is 956. The number of carbonyl (C=O) groups is 4. The molecule has 2 rings (SSSR count). The molecule has 0 heterocycles. The third-order valence-electron chi connectivity index (χ3n) is 3.75. The molecule has 2 amide bonds. The van der Waals surface area contributed by atoms with Gasteiger partial charge in [0.15, 0.2) is 30.5 Å². The number of amides is 2. The first-order chi connectivity index (χ1) is 14.3. The Balaban J connectivity index is 1.83. The molecule has 9 heteroatoms. The van der Waals surface area contributed by atoms with E-state index in [4.69, 9.17) is 14.2 Å². The highest BCUT2D eigenvalue weighted by molar-refractivity contribution is 5.95. The van der Waals surface area contributed by atoms with Gasteiger partial charge in [-0.3, -0.25) is 14.4 Å². The van der Waals surface area contributed by atoms with E-state index in [1.54, 1.807) is 30.3 Å². The molecule has 2 aromatic carbocycles. The van der Waals surface area contributed by atoms with Crippen LogP contribution in [0.2, 0.25) is 0 Å². The fourth-order valence-electron chi connectivity index (χ4n) is 2.41. The van der Waals surface area contributed by atoms with E-state index in [1.807, 2.05) is 0 Å². The first-order valence-electron chi connectivity index (χ1n) is 8.93. The van der Waals surface area contributed by atoms with Crippen LogP contribution in [0.1, 0.15) is 24.2 Å². The second-order valence-corrected chi connectivity index (χ2v) is 6.18. The van der Waals surface area contributed by atoms with Crippen molar-refractivity contribution in [2.75, 3.05) is 31.0 Å². The SMILES string of the molecule is COc1cc(C(C)=O)ccc1OCC(=O)OCC(=O)Nc1cccc(NC(C)=O)c1. The average molecular weight is 414 g/mol. The summed E-state index contributed by atoms with van der Waals surface area (Å²) >= 11 is 0. The first kappa shape index (κ1) is 22.4. The lowest BCUT2D eigenvalue weighted by Gasteiger charge is -2.11. The quantitative estimate of drug-likeness (QED) is 0.478. The van der Waals surface area contributed by atoms with Crippen LogP contribution >= 0.6 is 0 Å². The Morgan fingerprint density at radius 1 is 0.867 bits per heavy atom. The summed E-state index contributed by atoms with van der Waals surface area (Å²) in [4.78, 5) is 46.3. The van der Waals surface area contributed by atoms with E-state index in [0.717, 1.165) is 0 Å². The largest absolute Gasteiger partial charge is 0.493 e. The van der Waals surface area contributed by atoms with Crippen molar-refractivity contribution in [2.45, 2.75) is 13.8 Å². The molecule has 0 aliphatic carbocycles. The van der Waals surface area contributed by atoms with Crippen molar-refractivity contribution < 1.29 is 33.4 Å². The van der Waals surface area contributed by atoms with Gasteiger partial charge >= 0.3 is 5.97 Å². The van der Waals surface area contributed by atoms with Crippen molar-refractivity contribution >= 4 is 34.9 Å². The zero-order chi connectivity index (χ0) is 22.1. The molecule has 9 nitrogen and oxygen atoms in total. The van der Waals surface area contributed by atoms with Crippen LogP contribution in [0.4, 0.5) is 11.4 Å². The highest BCUT2D eigenvalue weighted by atomic mass is 16.6. The van der Waals surface area contributed by atoms with Gasteiger partial charge in [0.05, 0.1) is 7.11 Å². The summed E-state index contributed by atoms with van der Waals surface area (Å²) in [6, 6.07) is 11.1. The van der Waals surface area contributed by atoms with Crippen LogP contribution in [0.15, 0.2) is 42.5 Å². The zero-order valence-electron chi connectivity index (χ0n) is 16.8. The molecule has 0 aromatic heterocycles. The molecule has 0 bridgehead atoms. The van der Waals surface area contributed by atoms with E-state index in [-0.39, 0.29) is 17.4 Å². The van der Waals surface area contributed by atoms with Crippen LogP contribution < -0.4 is 20.1 Å². The van der Waals surface area contributed by atoms with E-state index >= 15 is 0 Å². The van der Waals surface area contributed by atoms with Crippen LogP contribution in [-0.2, 0) is 19.1 Å². The van der Waals surface area contributed by atoms with Gasteiger partial charge in [-0.05, 0) is 43.3 Å². The summed E-state index contributed by atoms with van der Waals surface area (Å²) in [6.45, 7) is 1.85. The molecule has 0 spiro atoms. The molecule has 0 unspecified atom stereocenters. The number of hydrogen-bond donors (Lipinski definition) is 2. The van der Waals surface area contributed by atoms with Crippen LogP contribution in [0.25, 0.3) is 0 Å². The predicted octanol–water partition coefficient (Wildman–Crippen LogP) is 2.42. The number of methoxy groups -OCH3 is 1. The van der Waals surface area contributed by atoms with Crippen molar-refractivity contribution in [2.24, 2.45) is 0 Å². The topological polar surface area (TPSA) is 120 Å². The Kier molecular flexibility index (Phi) is 7.92. The van der Waals surface area contributed by atoms with Gasteiger partial charge in [-0.2, -0.15) is 0 Å². The van der Waals surface area contributed by atoms with Crippen LogP contribution in [0, 0.1) is 0 Å². The van der Waals surface area contributed by atoms with E-state index in [9.17, 15) is 19.2 Å². The molecule has 0 fully saturated rings. The fraction of sp³-hybridized carbons (Fsp3) is 0.238. The molecule has 2 aromatic rings. The van der Waals surface area contributed by atoms with Gasteiger partial charge in [-0.15, -0.1) is 0 Å². The third kappa shape index (κ3) is 6.93. The molecule has 0 atom stereocenters. The maximum Gasteiger partial charge on any atom is 0.344 e. The number of ether oxygens (including phenoxy) is 3. The smallest absolute Gasteiger partial charge is 0.344 e. The Morgan fingerprint density at radius 2 is 1.57 bits per heavy atom. The van der Waals surface area contributed by atoms with Gasteiger partial charge in [0.1, 0.15) is 0 Å². The molecule has 0 saturated heterocycles. The summed E-state index contributed by atoms with van der Waals surface area (Å²) in [6.07, 6.45) is 0. The number of nitrogens with one attached hydrogen (secondary N) is 2. The summed E-state index contributed by atoms with van der Waals surface area (Å²) in [5, 5.41) is 5.16. The number of ketones is 1. The highest BCUT2D eigenvalue weighted by Crippen LogP contribution is 2.28. The normalized spacial score (nSPS) is 9.97. The van der Waals surface area contributed by atoms with Crippen LogP contribution in [-0.4, -0.2) is 43.9 Å². The molecular formula is C21H22N2O7. The van der Waals surface area contributed by atoms with Crippen LogP contribution in [0.3, 0.4) is 0 Å². The number of anilines is 2. The Morgan fingerprint density at radius 3 is 2.20 bits per heavy atom. The minimum Gasteiger partial charge on any atom is -0.493 e. The molecule has 2 N–H and O–H groups in total. The van der Waals surface area contributed by atoms with Crippen molar-refractivity contribution in [3.05, 3.63) is 48.0 Å². The number of benzene rings is 2. The highest BCUT2D eigenvalue weighted by Gasteiger charge is 2.13. The van der Waals surface area contributed by atoms with Gasteiger partial charge < -0.3 is 24.8 Å². The van der Waals surface area contributed by atoms with Gasteiger partial charge in [0, 0.05) is 23.9 Å². The van der Waals surface area contributed by atoms with E-state index in [2.05, 4.69) is 10.6 Å². The standard InChI is InChI=1S/C21H22N2O7/c1-13(24)15-7-8-18(19(9-15)28-3)29-12-21(27)30-11-20(26)23-17-6-4-5-16(10-17)22-14(2)25/h4-10H,11-12H2,1-3H3,(H,22,25)(H,23,26). The monoisotopic (exact) mass is 414 g/mol. The predicted molar refractivity (Wildman–Crippen MR) is 109 cm³/mol. The minimum absolute atomic E-state index is 0.132. The van der Waals surface area contributed by atoms with E-state index in [1.165, 1.54) is 33.1 Å². The van der Waals surface area contributed by atoms with Gasteiger partial charge in [0.25, 0.3) is 5.91 Å². The van der Waals surface area contributed by atoms with E-state index < -0.39 is 25.1 Å². The molecule has 0 radical (unpaired) electrons. The number of carbonyl (C=O) groups excluding carboxylic acids is 4. The van der Waals surface area contributed by atoms with Crippen molar-refractivity contribution in [1.29, 1.82) is 0 Å². The molecule has 0 aliphatic rings. The molecule has 158 valence electrons. The second-order valence-electron chi connectivity index (χ2n) is 6.18.